The van der Waals surface area contributed by atoms with E-state index in [-0.39, 0.29) is 79.1 Å². The van der Waals surface area contributed by atoms with Crippen molar-refractivity contribution in [3.05, 3.63) is 16.7 Å². The van der Waals surface area contributed by atoms with Crippen molar-refractivity contribution in [1.82, 2.24) is 19.5 Å². The molecule has 2 aromatic rings. The van der Waals surface area contributed by atoms with Crippen molar-refractivity contribution in [3.8, 4) is 0 Å². The second kappa shape index (κ2) is 8.90. The number of hydrogen-bond acceptors (Lipinski definition) is 7. The summed E-state index contributed by atoms with van der Waals surface area (Å²) >= 11 is 0. The fourth-order valence-electron chi connectivity index (χ4n) is 1.52. The Bertz CT molecular complexity index is 739. The van der Waals surface area contributed by atoms with Gasteiger partial charge in [-0.2, -0.15) is 4.98 Å². The fourth-order valence-corrected chi connectivity index (χ4v) is 1.84. The van der Waals surface area contributed by atoms with Gasteiger partial charge in [0.25, 0.3) is 5.56 Å². The molecule has 0 bridgehead atoms. The third-order valence-corrected chi connectivity index (χ3v) is 2.75. The molecule has 22 heavy (non-hydrogen) atoms. The van der Waals surface area contributed by atoms with Crippen LogP contribution in [0, 0.1) is 0 Å². The maximum atomic E-state index is 11.6. The Morgan fingerprint density at radius 2 is 2.18 bits per heavy atom. The van der Waals surface area contributed by atoms with Gasteiger partial charge >= 0.3 is 66.7 Å². The first kappa shape index (κ1) is 22.2. The van der Waals surface area contributed by atoms with Crippen molar-refractivity contribution in [2.24, 2.45) is 0 Å². The predicted octanol–water partition coefficient (Wildman–Crippen LogP) is -6.81. The van der Waals surface area contributed by atoms with Crippen LogP contribution in [0.2, 0.25) is 0 Å². The predicted molar refractivity (Wildman–Crippen MR) is 68.8 cm³/mol. The molecule has 0 aliphatic heterocycles. The Morgan fingerprint density at radius 1 is 1.55 bits per heavy atom. The number of nitrogens with zero attached hydrogens (tertiary/aromatic N) is 3. The van der Waals surface area contributed by atoms with E-state index in [0.29, 0.717) is 0 Å². The summed E-state index contributed by atoms with van der Waals surface area (Å²) in [5.41, 5.74) is 4.95. The molecule has 2 heterocycles. The Balaban J connectivity index is -0.00000110. The van der Waals surface area contributed by atoms with Gasteiger partial charge in [0, 0.05) is 7.11 Å². The van der Waals surface area contributed by atoms with Crippen LogP contribution in [0.4, 0.5) is 5.95 Å². The molecule has 0 aromatic carbocycles. The minimum Gasteiger partial charge on any atom is -1.00 e. The molecule has 1 atom stereocenters. The maximum absolute atomic E-state index is 11.6. The fraction of sp³-hybridized carbons (Fsp3) is 0.375. The summed E-state index contributed by atoms with van der Waals surface area (Å²) in [4.78, 5) is 39.1. The summed E-state index contributed by atoms with van der Waals surface area (Å²) in [5, 5.41) is 0. The summed E-state index contributed by atoms with van der Waals surface area (Å²) in [5.74, 6) is -0.130. The van der Waals surface area contributed by atoms with Gasteiger partial charge in [-0.3, -0.25) is 18.9 Å². The Morgan fingerprint density at radius 3 is 2.73 bits per heavy atom. The number of methoxy groups -OCH3 is 1. The van der Waals surface area contributed by atoms with Crippen molar-refractivity contribution in [2.75, 3.05) is 19.2 Å². The molecule has 2 aromatic heterocycles. The second-order valence-electron chi connectivity index (χ2n) is 3.78. The minimum absolute atomic E-state index is 0. The molecule has 114 valence electrons. The van der Waals surface area contributed by atoms with Gasteiger partial charge < -0.3 is 27.8 Å². The van der Waals surface area contributed by atoms with Gasteiger partial charge in [0.05, 0.1) is 0 Å². The zero-order valence-corrected chi connectivity index (χ0v) is 17.1. The summed E-state index contributed by atoms with van der Waals surface area (Å²) in [6.45, 7) is 0. The molecule has 0 spiro atoms. The molecule has 2 rings (SSSR count). The first-order valence-corrected chi connectivity index (χ1v) is 7.03. The summed E-state index contributed by atoms with van der Waals surface area (Å²) in [6, 6.07) is 0. The Labute approximate surface area is 171 Å². The normalized spacial score (nSPS) is 12.5. The third-order valence-electron chi connectivity index (χ3n) is 2.26. The van der Waals surface area contributed by atoms with Crippen molar-refractivity contribution in [3.63, 3.8) is 0 Å². The van der Waals surface area contributed by atoms with Crippen LogP contribution in [0.25, 0.3) is 11.2 Å². The van der Waals surface area contributed by atoms with Crippen LogP contribution in [-0.2, 0) is 14.0 Å². The number of aromatic nitrogens is 4. The van der Waals surface area contributed by atoms with E-state index in [9.17, 15) is 9.36 Å². The van der Waals surface area contributed by atoms with E-state index in [0.717, 1.165) is 0 Å². The summed E-state index contributed by atoms with van der Waals surface area (Å²) in [6.07, 6.45) is -0.870. The van der Waals surface area contributed by atoms with Crippen molar-refractivity contribution in [1.29, 1.82) is 0 Å². The first-order valence-electron chi connectivity index (χ1n) is 5.23. The third kappa shape index (κ3) is 5.39. The van der Waals surface area contributed by atoms with E-state index < -0.39 is 25.9 Å². The van der Waals surface area contributed by atoms with Gasteiger partial charge in [0.15, 0.2) is 17.5 Å². The molecule has 0 saturated heterocycles. The number of hydrogen-bond donors (Lipinski definition) is 4. The van der Waals surface area contributed by atoms with Crippen molar-refractivity contribution in [2.45, 2.75) is 6.41 Å². The van der Waals surface area contributed by atoms with E-state index >= 15 is 0 Å². The Kier molecular flexibility index (Phi) is 8.99. The van der Waals surface area contributed by atoms with Crippen LogP contribution in [0.1, 0.15) is 9.27 Å². The number of nitrogens with two attached hydrogens (primary N) is 1. The molecular formula is C8H14N5Na2O6P. The van der Waals surface area contributed by atoms with E-state index in [1.54, 1.807) is 0 Å². The number of nitrogen functional groups attached to an aromatic ring is 1. The topological polar surface area (TPSA) is 166 Å². The van der Waals surface area contributed by atoms with Gasteiger partial charge in [-0.05, 0) is 0 Å². The molecule has 1 unspecified atom stereocenters. The van der Waals surface area contributed by atoms with Crippen LogP contribution in [0.5, 0.6) is 0 Å². The van der Waals surface area contributed by atoms with Crippen LogP contribution >= 0.6 is 7.60 Å². The van der Waals surface area contributed by atoms with E-state index in [2.05, 4.69) is 15.0 Å². The van der Waals surface area contributed by atoms with Crippen LogP contribution in [-0.4, -0.2) is 42.8 Å². The second-order valence-corrected chi connectivity index (χ2v) is 5.37. The first-order chi connectivity index (χ1) is 9.31. The van der Waals surface area contributed by atoms with Gasteiger partial charge in [-0.15, -0.1) is 0 Å². The van der Waals surface area contributed by atoms with Gasteiger partial charge in [-0.1, -0.05) is 0 Å². The minimum atomic E-state index is -4.36. The number of nitrogens with one attached hydrogen (secondary N) is 1. The average Bonchev–Trinajstić information content (AvgIpc) is 2.73. The maximum Gasteiger partial charge on any atom is 1.00 e. The van der Waals surface area contributed by atoms with E-state index in [1.165, 1.54) is 18.0 Å². The largest absolute Gasteiger partial charge is 1.00 e. The van der Waals surface area contributed by atoms with Gasteiger partial charge in [-0.25, -0.2) is 4.98 Å². The smallest absolute Gasteiger partial charge is 1.00 e. The standard InChI is InChI=1S/C8H12N5O6P.2Na.2H/c1-18-8(19-3-20(15,16)17)13-2-10-4-5(13)11-7(9)12-6(4)14;;;;/h2,8H,3H2,1H3,(H2,15,16,17)(H3,9,11,12,14);;;;/q;2*+1;2*-1. The molecule has 0 amide bonds. The quantitative estimate of drug-likeness (QED) is 0.232. The number of rotatable bonds is 5. The molecule has 5 N–H and O–H groups in total. The molecule has 11 nitrogen and oxygen atoms in total. The average molecular weight is 353 g/mol. The number of aromatic amines is 1. The number of ether oxygens (including phenoxy) is 2. The van der Waals surface area contributed by atoms with Crippen LogP contribution in [0.15, 0.2) is 11.1 Å². The van der Waals surface area contributed by atoms with Crippen LogP contribution in [0.3, 0.4) is 0 Å². The zero-order valence-electron chi connectivity index (χ0n) is 14.3. The SMILES string of the molecule is COC(OCP(=O)(O)O)n1cnc2c(=O)[nH]c(N)nc21.[H-].[H-].[Na+].[Na+]. The molecule has 14 heteroatoms. The number of fused-ring (bicyclic) bond motifs is 1. The molecule has 0 fully saturated rings. The van der Waals surface area contributed by atoms with Crippen molar-refractivity contribution < 1.29 is 85.8 Å². The Hall–Kier alpha value is 0.220. The van der Waals surface area contributed by atoms with E-state index in [1.807, 2.05) is 0 Å². The molecule has 0 aliphatic carbocycles. The summed E-state index contributed by atoms with van der Waals surface area (Å²) < 4.78 is 21.9. The molecule has 0 aliphatic rings. The summed E-state index contributed by atoms with van der Waals surface area (Å²) in [7, 11) is -3.11. The molecule has 0 saturated carbocycles. The zero-order chi connectivity index (χ0) is 14.9. The number of imidazole rings is 1. The van der Waals surface area contributed by atoms with Crippen molar-refractivity contribution >= 4 is 24.7 Å². The molecule has 0 radical (unpaired) electrons. The molecular weight excluding hydrogens is 339 g/mol. The number of anilines is 1. The van der Waals surface area contributed by atoms with Crippen LogP contribution < -0.4 is 70.4 Å². The van der Waals surface area contributed by atoms with E-state index in [4.69, 9.17) is 25.0 Å². The number of H-pyrrole nitrogens is 1. The monoisotopic (exact) mass is 353 g/mol. The van der Waals surface area contributed by atoms with Gasteiger partial charge in [0.2, 0.25) is 12.4 Å². The van der Waals surface area contributed by atoms with Gasteiger partial charge in [0.1, 0.15) is 6.33 Å².